The molecule has 0 aromatic carbocycles. The van der Waals surface area contributed by atoms with Gasteiger partial charge in [-0.25, -0.2) is 0 Å². The number of likely N-dealkylation sites (tertiary alicyclic amines) is 1. The molecule has 2 amide bonds. The van der Waals surface area contributed by atoms with Crippen LogP contribution in [-0.4, -0.2) is 61.9 Å². The molecule has 1 aromatic rings. The molecule has 2 heterocycles. The van der Waals surface area contributed by atoms with Crippen LogP contribution in [0.4, 0.5) is 0 Å². The van der Waals surface area contributed by atoms with E-state index in [0.717, 1.165) is 19.4 Å². The molecular weight excluding hydrogens is 270 g/mol. The summed E-state index contributed by atoms with van der Waals surface area (Å²) in [6, 6.07) is 1.67. The number of carbonyl (C=O) groups is 2. The van der Waals surface area contributed by atoms with E-state index < -0.39 is 0 Å². The molecule has 6 heteroatoms. The van der Waals surface area contributed by atoms with Crippen LogP contribution >= 0.6 is 0 Å². The first-order valence-corrected chi connectivity index (χ1v) is 7.34. The third-order valence-corrected chi connectivity index (χ3v) is 3.97. The molecule has 0 radical (unpaired) electrons. The Kier molecular flexibility index (Phi) is 5.38. The first kappa shape index (κ1) is 15.6. The molecule has 6 nitrogen and oxygen atoms in total. The summed E-state index contributed by atoms with van der Waals surface area (Å²) in [6.07, 6.45) is 4.42. The van der Waals surface area contributed by atoms with Crippen molar-refractivity contribution in [2.45, 2.75) is 12.8 Å². The number of nitrogens with zero attached hydrogens (tertiary/aromatic N) is 2. The van der Waals surface area contributed by atoms with Gasteiger partial charge in [0.1, 0.15) is 6.26 Å². The molecule has 1 N–H and O–H groups in total. The molecule has 0 saturated carbocycles. The van der Waals surface area contributed by atoms with Crippen molar-refractivity contribution in [3.05, 3.63) is 24.2 Å². The largest absolute Gasteiger partial charge is 0.472 e. The topological polar surface area (TPSA) is 65.8 Å². The van der Waals surface area contributed by atoms with Crippen LogP contribution in [0.25, 0.3) is 0 Å². The van der Waals surface area contributed by atoms with E-state index in [9.17, 15) is 9.59 Å². The van der Waals surface area contributed by atoms with Crippen molar-refractivity contribution < 1.29 is 14.0 Å². The van der Waals surface area contributed by atoms with Crippen molar-refractivity contribution in [1.82, 2.24) is 15.1 Å². The maximum Gasteiger partial charge on any atom is 0.257 e. The number of hydrogen-bond acceptors (Lipinski definition) is 4. The summed E-state index contributed by atoms with van der Waals surface area (Å²) in [5.74, 6) is 0.194. The van der Waals surface area contributed by atoms with Crippen LogP contribution in [0.2, 0.25) is 0 Å². The second-order valence-corrected chi connectivity index (χ2v) is 5.44. The number of piperidine rings is 1. The van der Waals surface area contributed by atoms with Crippen molar-refractivity contribution in [2.75, 3.05) is 40.3 Å². The number of amides is 2. The third kappa shape index (κ3) is 3.85. The molecule has 2 rings (SSSR count). The summed E-state index contributed by atoms with van der Waals surface area (Å²) in [5.41, 5.74) is 0.575. The minimum absolute atomic E-state index is 0.0156. The standard InChI is InChI=1S/C15H23N3O3/c1-16-6-9-17(2)14(19)12-3-7-18(8-4-12)15(20)13-5-10-21-11-13/h5,10-12,16H,3-4,6-9H2,1-2H3. The Morgan fingerprint density at radius 1 is 1.43 bits per heavy atom. The van der Waals surface area contributed by atoms with Crippen molar-refractivity contribution in [3.63, 3.8) is 0 Å². The fraction of sp³-hybridized carbons (Fsp3) is 0.600. The van der Waals surface area contributed by atoms with Gasteiger partial charge in [0.25, 0.3) is 5.91 Å². The molecule has 1 aromatic heterocycles. The van der Waals surface area contributed by atoms with E-state index in [1.165, 1.54) is 12.5 Å². The minimum atomic E-state index is -0.0156. The van der Waals surface area contributed by atoms with Crippen LogP contribution in [0.5, 0.6) is 0 Å². The Hall–Kier alpha value is -1.82. The molecule has 1 aliphatic rings. The van der Waals surface area contributed by atoms with Gasteiger partial charge in [0, 0.05) is 39.1 Å². The summed E-state index contributed by atoms with van der Waals surface area (Å²) in [6.45, 7) is 2.75. The average Bonchev–Trinajstić information content (AvgIpc) is 3.05. The third-order valence-electron chi connectivity index (χ3n) is 3.97. The molecule has 0 aliphatic carbocycles. The second kappa shape index (κ2) is 7.26. The Bertz CT molecular complexity index is 465. The van der Waals surface area contributed by atoms with E-state index in [1.807, 2.05) is 14.1 Å². The number of nitrogens with one attached hydrogen (secondary N) is 1. The summed E-state index contributed by atoms with van der Waals surface area (Å²) >= 11 is 0. The zero-order chi connectivity index (χ0) is 15.2. The number of rotatable bonds is 5. The molecule has 1 aliphatic heterocycles. The predicted octanol–water partition coefficient (Wildman–Crippen LogP) is 0.810. The Morgan fingerprint density at radius 2 is 2.14 bits per heavy atom. The van der Waals surface area contributed by atoms with Crippen molar-refractivity contribution >= 4 is 11.8 Å². The molecule has 21 heavy (non-hydrogen) atoms. The van der Waals surface area contributed by atoms with Gasteiger partial charge in [0.05, 0.1) is 11.8 Å². The summed E-state index contributed by atoms with van der Waals surface area (Å²) in [7, 11) is 3.71. The van der Waals surface area contributed by atoms with Crippen LogP contribution < -0.4 is 5.32 Å². The highest BCUT2D eigenvalue weighted by atomic mass is 16.3. The second-order valence-electron chi connectivity index (χ2n) is 5.44. The van der Waals surface area contributed by atoms with Crippen LogP contribution in [0.1, 0.15) is 23.2 Å². The van der Waals surface area contributed by atoms with Crippen LogP contribution in [0.3, 0.4) is 0 Å². The SMILES string of the molecule is CNCCN(C)C(=O)C1CCN(C(=O)c2ccoc2)CC1. The zero-order valence-corrected chi connectivity index (χ0v) is 12.7. The van der Waals surface area contributed by atoms with E-state index in [0.29, 0.717) is 25.2 Å². The van der Waals surface area contributed by atoms with E-state index >= 15 is 0 Å². The van der Waals surface area contributed by atoms with Crippen LogP contribution in [0, 0.1) is 5.92 Å². The van der Waals surface area contributed by atoms with Crippen LogP contribution in [-0.2, 0) is 4.79 Å². The number of furan rings is 1. The Balaban J connectivity index is 1.83. The fourth-order valence-corrected chi connectivity index (χ4v) is 2.60. The summed E-state index contributed by atoms with van der Waals surface area (Å²) in [5, 5.41) is 3.04. The van der Waals surface area contributed by atoms with Gasteiger partial charge in [-0.3, -0.25) is 9.59 Å². The molecular formula is C15H23N3O3. The Morgan fingerprint density at radius 3 is 2.71 bits per heavy atom. The summed E-state index contributed by atoms with van der Waals surface area (Å²) in [4.78, 5) is 28.0. The molecule has 116 valence electrons. The molecule has 0 unspecified atom stereocenters. The fourth-order valence-electron chi connectivity index (χ4n) is 2.60. The van der Waals surface area contributed by atoms with Gasteiger partial charge in [-0.05, 0) is 26.0 Å². The number of carbonyl (C=O) groups excluding carboxylic acids is 2. The van der Waals surface area contributed by atoms with E-state index in [4.69, 9.17) is 4.42 Å². The molecule has 0 atom stereocenters. The van der Waals surface area contributed by atoms with E-state index in [1.54, 1.807) is 15.9 Å². The lowest BCUT2D eigenvalue weighted by molar-refractivity contribution is -0.135. The van der Waals surface area contributed by atoms with Gasteiger partial charge in [0.2, 0.25) is 5.91 Å². The van der Waals surface area contributed by atoms with Crippen molar-refractivity contribution in [2.24, 2.45) is 5.92 Å². The number of hydrogen-bond donors (Lipinski definition) is 1. The van der Waals surface area contributed by atoms with Gasteiger partial charge in [-0.1, -0.05) is 0 Å². The summed E-state index contributed by atoms with van der Waals surface area (Å²) < 4.78 is 4.94. The highest BCUT2D eigenvalue weighted by Crippen LogP contribution is 2.21. The van der Waals surface area contributed by atoms with Gasteiger partial charge in [0.15, 0.2) is 0 Å². The minimum Gasteiger partial charge on any atom is -0.472 e. The zero-order valence-electron chi connectivity index (χ0n) is 12.7. The van der Waals surface area contributed by atoms with Gasteiger partial charge in [-0.15, -0.1) is 0 Å². The van der Waals surface area contributed by atoms with Gasteiger partial charge < -0.3 is 19.5 Å². The smallest absolute Gasteiger partial charge is 0.257 e. The molecule has 1 saturated heterocycles. The quantitative estimate of drug-likeness (QED) is 0.872. The lowest BCUT2D eigenvalue weighted by Crippen LogP contribution is -2.44. The predicted molar refractivity (Wildman–Crippen MR) is 78.9 cm³/mol. The normalized spacial score (nSPS) is 16.0. The van der Waals surface area contributed by atoms with Gasteiger partial charge in [-0.2, -0.15) is 0 Å². The molecule has 0 bridgehead atoms. The maximum absolute atomic E-state index is 12.3. The first-order chi connectivity index (χ1) is 10.1. The molecule has 0 spiro atoms. The highest BCUT2D eigenvalue weighted by Gasteiger charge is 2.29. The van der Waals surface area contributed by atoms with E-state index in [-0.39, 0.29) is 17.7 Å². The maximum atomic E-state index is 12.3. The number of likely N-dealkylation sites (N-methyl/N-ethyl adjacent to an activating group) is 2. The lowest BCUT2D eigenvalue weighted by atomic mass is 9.95. The lowest BCUT2D eigenvalue weighted by Gasteiger charge is -2.33. The first-order valence-electron chi connectivity index (χ1n) is 7.34. The molecule has 1 fully saturated rings. The van der Waals surface area contributed by atoms with Crippen molar-refractivity contribution in [1.29, 1.82) is 0 Å². The van der Waals surface area contributed by atoms with Gasteiger partial charge >= 0.3 is 0 Å². The average molecular weight is 293 g/mol. The monoisotopic (exact) mass is 293 g/mol. The highest BCUT2D eigenvalue weighted by molar-refractivity contribution is 5.94. The Labute approximate surface area is 125 Å². The van der Waals surface area contributed by atoms with Crippen LogP contribution in [0.15, 0.2) is 23.0 Å². The van der Waals surface area contributed by atoms with E-state index in [2.05, 4.69) is 5.32 Å². The van der Waals surface area contributed by atoms with Crippen molar-refractivity contribution in [3.8, 4) is 0 Å².